The maximum atomic E-state index is 12.8. The highest BCUT2D eigenvalue weighted by atomic mass is 19.4. The molecule has 10 heteroatoms. The summed E-state index contributed by atoms with van der Waals surface area (Å²) in [6, 6.07) is 0.648. The van der Waals surface area contributed by atoms with E-state index in [1.54, 1.807) is 0 Å². The fourth-order valence-corrected chi connectivity index (χ4v) is 1.94. The number of hydrogen-bond donors (Lipinski definition) is 0. The van der Waals surface area contributed by atoms with Gasteiger partial charge in [-0.3, -0.25) is 20.2 Å². The monoisotopic (exact) mass is 321 g/mol. The van der Waals surface area contributed by atoms with Gasteiger partial charge in [0.05, 0.1) is 15.4 Å². The fourth-order valence-electron chi connectivity index (χ4n) is 1.94. The van der Waals surface area contributed by atoms with Crippen molar-refractivity contribution >= 4 is 17.1 Å². The molecule has 0 saturated carbocycles. The molecule has 0 radical (unpaired) electrons. The molecule has 0 aromatic heterocycles. The van der Waals surface area contributed by atoms with Gasteiger partial charge in [0.15, 0.2) is 5.69 Å². The lowest BCUT2D eigenvalue weighted by Crippen LogP contribution is -2.21. The van der Waals surface area contributed by atoms with E-state index in [0.29, 0.717) is 18.6 Å². The number of alkyl halides is 3. The third kappa shape index (κ3) is 3.83. The van der Waals surface area contributed by atoms with Gasteiger partial charge in [0.2, 0.25) is 0 Å². The van der Waals surface area contributed by atoms with Crippen LogP contribution in [-0.2, 0) is 6.18 Å². The van der Waals surface area contributed by atoms with Gasteiger partial charge in [0, 0.05) is 25.7 Å². The van der Waals surface area contributed by atoms with Crippen LogP contribution < -0.4 is 4.90 Å². The molecular weight excluding hydrogens is 307 g/mol. The third-order valence-corrected chi connectivity index (χ3v) is 3.02. The Labute approximate surface area is 123 Å². The Hall–Kier alpha value is -2.39. The van der Waals surface area contributed by atoms with Crippen LogP contribution in [0.2, 0.25) is 0 Å². The topological polar surface area (TPSA) is 89.5 Å². The first-order chi connectivity index (χ1) is 10.1. The van der Waals surface area contributed by atoms with Gasteiger partial charge in [-0.05, 0) is 6.42 Å². The molecule has 1 aromatic rings. The summed E-state index contributed by atoms with van der Waals surface area (Å²) in [6.45, 7) is 2.10. The molecule has 0 atom stereocenters. The average Bonchev–Trinajstić information content (AvgIpc) is 2.41. The molecule has 0 saturated heterocycles. The van der Waals surface area contributed by atoms with E-state index in [1.807, 2.05) is 6.92 Å². The predicted octanol–water partition coefficient (Wildman–Crippen LogP) is 3.76. The molecule has 0 aliphatic rings. The molecule has 1 aromatic carbocycles. The minimum atomic E-state index is -4.91. The number of benzene rings is 1. The van der Waals surface area contributed by atoms with Crippen molar-refractivity contribution in [2.45, 2.75) is 25.9 Å². The van der Waals surface area contributed by atoms with Crippen LogP contribution in [0.25, 0.3) is 0 Å². The van der Waals surface area contributed by atoms with Crippen LogP contribution in [0.5, 0.6) is 0 Å². The second kappa shape index (κ2) is 6.58. The molecule has 0 N–H and O–H groups in total. The highest BCUT2D eigenvalue weighted by Crippen LogP contribution is 2.42. The number of anilines is 1. The Kier molecular flexibility index (Phi) is 5.28. The Bertz CT molecular complexity index is 554. The normalized spacial score (nSPS) is 11.3. The quantitative estimate of drug-likeness (QED) is 0.588. The van der Waals surface area contributed by atoms with Crippen molar-refractivity contribution < 1.29 is 23.0 Å². The van der Waals surface area contributed by atoms with Crippen molar-refractivity contribution in [1.29, 1.82) is 0 Å². The SMILES string of the molecule is CCCCN(C)c1c([N+](=O)[O-])cc(C(F)(F)F)cc1[N+](=O)[O-]. The Morgan fingerprint density at radius 3 is 1.91 bits per heavy atom. The molecule has 0 aliphatic carbocycles. The molecule has 0 spiro atoms. The van der Waals surface area contributed by atoms with Crippen LogP contribution in [0.1, 0.15) is 25.3 Å². The summed E-state index contributed by atoms with van der Waals surface area (Å²) in [4.78, 5) is 21.2. The first-order valence-corrected chi connectivity index (χ1v) is 6.34. The second-order valence-corrected chi connectivity index (χ2v) is 4.65. The molecule has 0 unspecified atom stereocenters. The van der Waals surface area contributed by atoms with E-state index in [4.69, 9.17) is 0 Å². The van der Waals surface area contributed by atoms with E-state index in [0.717, 1.165) is 6.42 Å². The van der Waals surface area contributed by atoms with Crippen molar-refractivity contribution in [2.24, 2.45) is 0 Å². The summed E-state index contributed by atoms with van der Waals surface area (Å²) in [6.07, 6.45) is -3.59. The molecule has 7 nitrogen and oxygen atoms in total. The van der Waals surface area contributed by atoms with Crippen LogP contribution in [-0.4, -0.2) is 23.4 Å². The van der Waals surface area contributed by atoms with Crippen molar-refractivity contribution in [3.63, 3.8) is 0 Å². The summed E-state index contributed by atoms with van der Waals surface area (Å²) < 4.78 is 38.3. The lowest BCUT2D eigenvalue weighted by Gasteiger charge is -2.19. The van der Waals surface area contributed by atoms with Crippen LogP contribution in [0, 0.1) is 20.2 Å². The highest BCUT2D eigenvalue weighted by molar-refractivity contribution is 5.76. The van der Waals surface area contributed by atoms with Crippen molar-refractivity contribution in [1.82, 2.24) is 0 Å². The average molecular weight is 321 g/mol. The van der Waals surface area contributed by atoms with Gasteiger partial charge in [-0.1, -0.05) is 13.3 Å². The standard InChI is InChI=1S/C12H14F3N3O4/c1-3-4-5-16(2)11-9(17(19)20)6-8(12(13,14)15)7-10(11)18(21)22/h6-7H,3-5H2,1-2H3. The highest BCUT2D eigenvalue weighted by Gasteiger charge is 2.38. The van der Waals surface area contributed by atoms with Gasteiger partial charge in [-0.2, -0.15) is 13.2 Å². The summed E-state index contributed by atoms with van der Waals surface area (Å²) in [7, 11) is 1.37. The number of hydrogen-bond acceptors (Lipinski definition) is 5. The van der Waals surface area contributed by atoms with E-state index in [1.165, 1.54) is 11.9 Å². The smallest absolute Gasteiger partial charge is 0.363 e. The summed E-state index contributed by atoms with van der Waals surface area (Å²) in [5.41, 5.74) is -3.70. The molecule has 1 rings (SSSR count). The first kappa shape index (κ1) is 17.7. The number of nitrogens with zero attached hydrogens (tertiary/aromatic N) is 3. The minimum absolute atomic E-state index is 0.254. The minimum Gasteiger partial charge on any atom is -0.363 e. The van der Waals surface area contributed by atoms with Crippen LogP contribution in [0.15, 0.2) is 12.1 Å². The molecule has 0 bridgehead atoms. The third-order valence-electron chi connectivity index (χ3n) is 3.02. The first-order valence-electron chi connectivity index (χ1n) is 6.34. The van der Waals surface area contributed by atoms with Gasteiger partial charge in [0.1, 0.15) is 0 Å². The van der Waals surface area contributed by atoms with E-state index in [-0.39, 0.29) is 6.54 Å². The van der Waals surface area contributed by atoms with Crippen LogP contribution in [0.3, 0.4) is 0 Å². The molecule has 122 valence electrons. The Morgan fingerprint density at radius 2 is 1.59 bits per heavy atom. The number of unbranched alkanes of at least 4 members (excludes halogenated alkanes) is 1. The van der Waals surface area contributed by atoms with Crippen molar-refractivity contribution in [3.05, 3.63) is 37.9 Å². The summed E-state index contributed by atoms with van der Waals surface area (Å²) in [5.74, 6) is 0. The number of nitro groups is 2. The maximum Gasteiger partial charge on any atom is 0.416 e. The number of nitro benzene ring substituents is 2. The number of rotatable bonds is 6. The maximum absolute atomic E-state index is 12.8. The lowest BCUT2D eigenvalue weighted by molar-refractivity contribution is -0.393. The molecule has 0 heterocycles. The van der Waals surface area contributed by atoms with Crippen LogP contribution >= 0.6 is 0 Å². The molecule has 0 amide bonds. The molecular formula is C12H14F3N3O4. The van der Waals surface area contributed by atoms with E-state index in [9.17, 15) is 33.4 Å². The molecule has 0 fully saturated rings. The van der Waals surface area contributed by atoms with Gasteiger partial charge >= 0.3 is 6.18 Å². The molecule has 22 heavy (non-hydrogen) atoms. The van der Waals surface area contributed by atoms with Gasteiger partial charge in [-0.25, -0.2) is 0 Å². The fraction of sp³-hybridized carbons (Fsp3) is 0.500. The summed E-state index contributed by atoms with van der Waals surface area (Å²) >= 11 is 0. The van der Waals surface area contributed by atoms with Gasteiger partial charge in [-0.15, -0.1) is 0 Å². The zero-order chi connectivity index (χ0) is 17.1. The Morgan fingerprint density at radius 1 is 1.14 bits per heavy atom. The van der Waals surface area contributed by atoms with E-state index in [2.05, 4.69) is 0 Å². The van der Waals surface area contributed by atoms with Gasteiger partial charge in [0.25, 0.3) is 11.4 Å². The predicted molar refractivity (Wildman–Crippen MR) is 72.9 cm³/mol. The largest absolute Gasteiger partial charge is 0.416 e. The summed E-state index contributed by atoms with van der Waals surface area (Å²) in [5, 5.41) is 22.1. The van der Waals surface area contributed by atoms with Crippen molar-refractivity contribution in [2.75, 3.05) is 18.5 Å². The zero-order valence-corrected chi connectivity index (χ0v) is 11.9. The molecule has 0 aliphatic heterocycles. The van der Waals surface area contributed by atoms with E-state index >= 15 is 0 Å². The van der Waals surface area contributed by atoms with Gasteiger partial charge < -0.3 is 4.90 Å². The second-order valence-electron chi connectivity index (χ2n) is 4.65. The van der Waals surface area contributed by atoms with Crippen LogP contribution in [0.4, 0.5) is 30.2 Å². The van der Waals surface area contributed by atoms with Crippen molar-refractivity contribution in [3.8, 4) is 0 Å². The number of halogens is 3. The lowest BCUT2D eigenvalue weighted by atomic mass is 10.1. The zero-order valence-electron chi connectivity index (χ0n) is 11.9. The Balaban J connectivity index is 3.58. The van der Waals surface area contributed by atoms with E-state index < -0.39 is 38.6 Å².